The SMILES string of the molecule is CC(NC(=O)c1ccccc1CBr)c1ccco1. The van der Waals surface area contributed by atoms with Gasteiger partial charge in [0, 0.05) is 10.9 Å². The predicted octanol–water partition coefficient (Wildman–Crippen LogP) is 3.67. The third-order valence-corrected chi connectivity index (χ3v) is 3.33. The number of furan rings is 1. The van der Waals surface area contributed by atoms with Gasteiger partial charge in [0.15, 0.2) is 0 Å². The van der Waals surface area contributed by atoms with Crippen LogP contribution in [0.3, 0.4) is 0 Å². The van der Waals surface area contributed by atoms with E-state index in [1.165, 1.54) is 0 Å². The van der Waals surface area contributed by atoms with Crippen LogP contribution < -0.4 is 5.32 Å². The van der Waals surface area contributed by atoms with E-state index in [1.54, 1.807) is 6.26 Å². The lowest BCUT2D eigenvalue weighted by Gasteiger charge is -2.13. The summed E-state index contributed by atoms with van der Waals surface area (Å²) in [6.07, 6.45) is 1.60. The summed E-state index contributed by atoms with van der Waals surface area (Å²) in [4.78, 5) is 12.2. The summed E-state index contributed by atoms with van der Waals surface area (Å²) in [7, 11) is 0. The molecule has 0 aliphatic rings. The van der Waals surface area contributed by atoms with Gasteiger partial charge < -0.3 is 9.73 Å². The number of hydrogen-bond donors (Lipinski definition) is 1. The van der Waals surface area contributed by atoms with Gasteiger partial charge in [-0.1, -0.05) is 34.1 Å². The number of nitrogens with one attached hydrogen (secondary N) is 1. The van der Waals surface area contributed by atoms with Gasteiger partial charge in [-0.3, -0.25) is 4.79 Å². The highest BCUT2D eigenvalue weighted by Crippen LogP contribution is 2.16. The Bertz CT molecular complexity index is 522. The van der Waals surface area contributed by atoms with Crippen molar-refractivity contribution in [3.8, 4) is 0 Å². The van der Waals surface area contributed by atoms with E-state index in [2.05, 4.69) is 21.2 Å². The number of rotatable bonds is 4. The maximum atomic E-state index is 12.2. The Kier molecular flexibility index (Phi) is 4.20. The average molecular weight is 308 g/mol. The van der Waals surface area contributed by atoms with Crippen molar-refractivity contribution in [1.82, 2.24) is 5.32 Å². The van der Waals surface area contributed by atoms with Gasteiger partial charge in [0.05, 0.1) is 12.3 Å². The molecular weight excluding hydrogens is 294 g/mol. The molecule has 1 N–H and O–H groups in total. The minimum absolute atomic E-state index is 0.0889. The molecule has 0 fully saturated rings. The molecule has 1 heterocycles. The zero-order valence-electron chi connectivity index (χ0n) is 10.0. The van der Waals surface area contributed by atoms with Gasteiger partial charge in [-0.15, -0.1) is 0 Å². The Labute approximate surface area is 114 Å². The molecule has 0 spiro atoms. The normalized spacial score (nSPS) is 12.1. The fraction of sp³-hybridized carbons (Fsp3) is 0.214. The highest BCUT2D eigenvalue weighted by atomic mass is 79.9. The van der Waals surface area contributed by atoms with Crippen molar-refractivity contribution < 1.29 is 9.21 Å². The molecule has 2 aromatic rings. The van der Waals surface area contributed by atoms with Gasteiger partial charge in [0.2, 0.25) is 0 Å². The van der Waals surface area contributed by atoms with E-state index in [-0.39, 0.29) is 11.9 Å². The summed E-state index contributed by atoms with van der Waals surface area (Å²) in [5.74, 6) is 0.661. The number of halogens is 1. The third kappa shape index (κ3) is 2.82. The highest BCUT2D eigenvalue weighted by Gasteiger charge is 2.15. The fourth-order valence-electron chi connectivity index (χ4n) is 1.74. The van der Waals surface area contributed by atoms with Crippen molar-refractivity contribution in [2.24, 2.45) is 0 Å². The largest absolute Gasteiger partial charge is 0.467 e. The molecule has 1 unspecified atom stereocenters. The topological polar surface area (TPSA) is 42.2 Å². The molecule has 0 saturated heterocycles. The van der Waals surface area contributed by atoms with Gasteiger partial charge in [0.1, 0.15) is 5.76 Å². The zero-order chi connectivity index (χ0) is 13.0. The van der Waals surface area contributed by atoms with Crippen LogP contribution in [-0.4, -0.2) is 5.91 Å². The molecule has 3 nitrogen and oxygen atoms in total. The molecule has 1 aromatic heterocycles. The minimum atomic E-state index is -0.143. The first kappa shape index (κ1) is 12.9. The van der Waals surface area contributed by atoms with Gasteiger partial charge in [-0.2, -0.15) is 0 Å². The van der Waals surface area contributed by atoms with E-state index in [4.69, 9.17) is 4.42 Å². The summed E-state index contributed by atoms with van der Waals surface area (Å²) in [5, 5.41) is 3.58. The standard InChI is InChI=1S/C14H14BrNO2/c1-10(13-7-4-8-18-13)16-14(17)12-6-3-2-5-11(12)9-15/h2-8,10H,9H2,1H3,(H,16,17). The Hall–Kier alpha value is -1.55. The lowest BCUT2D eigenvalue weighted by atomic mass is 10.1. The average Bonchev–Trinajstić information content (AvgIpc) is 2.92. The molecule has 18 heavy (non-hydrogen) atoms. The Morgan fingerprint density at radius 2 is 2.11 bits per heavy atom. The highest BCUT2D eigenvalue weighted by molar-refractivity contribution is 9.08. The second-order valence-electron chi connectivity index (χ2n) is 4.00. The van der Waals surface area contributed by atoms with Crippen molar-refractivity contribution >= 4 is 21.8 Å². The molecule has 0 bridgehead atoms. The molecule has 0 radical (unpaired) electrons. The van der Waals surface area contributed by atoms with Crippen molar-refractivity contribution in [1.29, 1.82) is 0 Å². The second-order valence-corrected chi connectivity index (χ2v) is 4.56. The van der Waals surface area contributed by atoms with Crippen molar-refractivity contribution in [3.63, 3.8) is 0 Å². The molecule has 0 aliphatic heterocycles. The molecule has 0 aliphatic carbocycles. The van der Waals surface area contributed by atoms with Crippen molar-refractivity contribution in [3.05, 3.63) is 59.5 Å². The monoisotopic (exact) mass is 307 g/mol. The first-order valence-corrected chi connectivity index (χ1v) is 6.82. The van der Waals surface area contributed by atoms with Crippen LogP contribution >= 0.6 is 15.9 Å². The number of carbonyl (C=O) groups excluding carboxylic acids is 1. The predicted molar refractivity (Wildman–Crippen MR) is 73.7 cm³/mol. The fourth-order valence-corrected chi connectivity index (χ4v) is 2.23. The smallest absolute Gasteiger partial charge is 0.252 e. The van der Waals surface area contributed by atoms with E-state index in [0.29, 0.717) is 10.9 Å². The van der Waals surface area contributed by atoms with Crippen molar-refractivity contribution in [2.75, 3.05) is 0 Å². The number of alkyl halides is 1. The quantitative estimate of drug-likeness (QED) is 0.876. The summed E-state index contributed by atoms with van der Waals surface area (Å²) in [6, 6.07) is 11.0. The molecule has 94 valence electrons. The van der Waals surface area contributed by atoms with Crippen molar-refractivity contribution in [2.45, 2.75) is 18.3 Å². The third-order valence-electron chi connectivity index (χ3n) is 2.72. The van der Waals surface area contributed by atoms with E-state index in [9.17, 15) is 4.79 Å². The van der Waals surface area contributed by atoms with Crippen LogP contribution in [-0.2, 0) is 5.33 Å². The number of carbonyl (C=O) groups is 1. The summed E-state index contributed by atoms with van der Waals surface area (Å²) in [6.45, 7) is 1.90. The lowest BCUT2D eigenvalue weighted by Crippen LogP contribution is -2.27. The van der Waals surface area contributed by atoms with Crippen LogP contribution in [0.25, 0.3) is 0 Å². The second kappa shape index (κ2) is 5.87. The van der Waals surface area contributed by atoms with Crippen LogP contribution in [0.1, 0.15) is 34.6 Å². The zero-order valence-corrected chi connectivity index (χ0v) is 11.6. The first-order chi connectivity index (χ1) is 8.72. The summed E-state index contributed by atoms with van der Waals surface area (Å²) >= 11 is 3.38. The maximum absolute atomic E-state index is 12.2. The Morgan fingerprint density at radius 1 is 1.33 bits per heavy atom. The van der Waals surface area contributed by atoms with E-state index >= 15 is 0 Å². The summed E-state index contributed by atoms with van der Waals surface area (Å²) in [5.41, 5.74) is 1.66. The lowest BCUT2D eigenvalue weighted by molar-refractivity contribution is 0.0934. The van der Waals surface area contributed by atoms with Crippen LogP contribution in [0.15, 0.2) is 47.1 Å². The van der Waals surface area contributed by atoms with E-state index < -0.39 is 0 Å². The van der Waals surface area contributed by atoms with Gasteiger partial charge >= 0.3 is 0 Å². The van der Waals surface area contributed by atoms with E-state index in [0.717, 1.165) is 11.3 Å². The van der Waals surface area contributed by atoms with Crippen LogP contribution in [0.2, 0.25) is 0 Å². The molecule has 0 saturated carbocycles. The number of amides is 1. The Morgan fingerprint density at radius 3 is 2.78 bits per heavy atom. The summed E-state index contributed by atoms with van der Waals surface area (Å²) < 4.78 is 5.26. The number of hydrogen-bond acceptors (Lipinski definition) is 2. The maximum Gasteiger partial charge on any atom is 0.252 e. The molecule has 4 heteroatoms. The van der Waals surface area contributed by atoms with Crippen LogP contribution in [0, 0.1) is 0 Å². The van der Waals surface area contributed by atoms with Gasteiger partial charge in [-0.05, 0) is 30.7 Å². The van der Waals surface area contributed by atoms with Gasteiger partial charge in [-0.25, -0.2) is 0 Å². The van der Waals surface area contributed by atoms with E-state index in [1.807, 2.05) is 43.3 Å². The minimum Gasteiger partial charge on any atom is -0.467 e. The molecule has 1 amide bonds. The molecule has 1 aromatic carbocycles. The van der Waals surface area contributed by atoms with Crippen LogP contribution in [0.5, 0.6) is 0 Å². The van der Waals surface area contributed by atoms with Gasteiger partial charge in [0.25, 0.3) is 5.91 Å². The van der Waals surface area contributed by atoms with Crippen LogP contribution in [0.4, 0.5) is 0 Å². The number of benzene rings is 1. The first-order valence-electron chi connectivity index (χ1n) is 5.70. The Balaban J connectivity index is 2.12. The molecular formula is C14H14BrNO2. The molecule has 2 rings (SSSR count). The molecule has 1 atom stereocenters.